The minimum Gasteiger partial charge on any atom is -0.115 e. The number of rotatable bonds is 1. The second kappa shape index (κ2) is 4.21. The molecule has 0 heterocycles. The summed E-state index contributed by atoms with van der Waals surface area (Å²) in [5.74, 6) is 2.66. The molecule has 0 amide bonds. The van der Waals surface area contributed by atoms with Gasteiger partial charge in [-0.1, -0.05) is 47.9 Å². The standard InChI is InChI=1S/C14H9Cl/c1-2-11-8-9-13(15)10-14(11)12-6-4-3-5-7-12/h1,3-10H. The summed E-state index contributed by atoms with van der Waals surface area (Å²) < 4.78 is 0. The average Bonchev–Trinajstić information content (AvgIpc) is 2.30. The monoisotopic (exact) mass is 212 g/mol. The fourth-order valence-corrected chi connectivity index (χ4v) is 1.67. The minimum atomic E-state index is 0.702. The Labute approximate surface area is 94.5 Å². The molecular formula is C14H9Cl. The Balaban J connectivity index is 2.62. The highest BCUT2D eigenvalue weighted by Crippen LogP contribution is 2.26. The van der Waals surface area contributed by atoms with E-state index in [0.717, 1.165) is 16.7 Å². The number of halogens is 1. The molecule has 0 atom stereocenters. The first-order valence-corrected chi connectivity index (χ1v) is 5.00. The third-order valence-electron chi connectivity index (χ3n) is 2.22. The topological polar surface area (TPSA) is 0 Å². The molecule has 0 nitrogen and oxygen atoms in total. The summed E-state index contributed by atoms with van der Waals surface area (Å²) in [5.41, 5.74) is 2.96. The lowest BCUT2D eigenvalue weighted by molar-refractivity contribution is 1.58. The maximum Gasteiger partial charge on any atom is 0.0413 e. The van der Waals surface area contributed by atoms with Crippen LogP contribution in [0.1, 0.15) is 5.56 Å². The third kappa shape index (κ3) is 2.03. The van der Waals surface area contributed by atoms with E-state index in [1.807, 2.05) is 48.5 Å². The minimum absolute atomic E-state index is 0.702. The maximum absolute atomic E-state index is 5.96. The molecule has 2 aromatic carbocycles. The van der Waals surface area contributed by atoms with Gasteiger partial charge in [0, 0.05) is 10.6 Å². The number of benzene rings is 2. The molecule has 2 aromatic rings. The molecule has 2 rings (SSSR count). The normalized spacial score (nSPS) is 9.60. The van der Waals surface area contributed by atoms with Gasteiger partial charge in [-0.05, 0) is 29.3 Å². The number of hydrogen-bond donors (Lipinski definition) is 0. The molecule has 0 radical (unpaired) electrons. The molecular weight excluding hydrogens is 204 g/mol. The van der Waals surface area contributed by atoms with Crippen LogP contribution in [-0.4, -0.2) is 0 Å². The van der Waals surface area contributed by atoms with Gasteiger partial charge in [-0.15, -0.1) is 6.42 Å². The van der Waals surface area contributed by atoms with Gasteiger partial charge >= 0.3 is 0 Å². The van der Waals surface area contributed by atoms with E-state index >= 15 is 0 Å². The van der Waals surface area contributed by atoms with Crippen LogP contribution in [0, 0.1) is 12.3 Å². The van der Waals surface area contributed by atoms with E-state index in [9.17, 15) is 0 Å². The van der Waals surface area contributed by atoms with Crippen molar-refractivity contribution in [2.75, 3.05) is 0 Å². The Morgan fingerprint density at radius 1 is 1.00 bits per heavy atom. The molecule has 0 spiro atoms. The first-order valence-electron chi connectivity index (χ1n) is 4.63. The van der Waals surface area contributed by atoms with Gasteiger partial charge in [0.05, 0.1) is 0 Å². The summed E-state index contributed by atoms with van der Waals surface area (Å²) >= 11 is 5.96. The van der Waals surface area contributed by atoms with Crippen LogP contribution in [0.2, 0.25) is 5.02 Å². The van der Waals surface area contributed by atoms with Gasteiger partial charge in [-0.3, -0.25) is 0 Å². The molecule has 0 saturated carbocycles. The van der Waals surface area contributed by atoms with E-state index in [1.165, 1.54) is 0 Å². The third-order valence-corrected chi connectivity index (χ3v) is 2.46. The van der Waals surface area contributed by atoms with Gasteiger partial charge in [-0.25, -0.2) is 0 Å². The Bertz CT molecular complexity index is 507. The van der Waals surface area contributed by atoms with Crippen LogP contribution in [0.15, 0.2) is 48.5 Å². The Morgan fingerprint density at radius 2 is 1.73 bits per heavy atom. The molecule has 15 heavy (non-hydrogen) atoms. The van der Waals surface area contributed by atoms with Crippen molar-refractivity contribution in [3.8, 4) is 23.5 Å². The fraction of sp³-hybridized carbons (Fsp3) is 0. The fourth-order valence-electron chi connectivity index (χ4n) is 1.50. The number of hydrogen-bond acceptors (Lipinski definition) is 0. The summed E-state index contributed by atoms with van der Waals surface area (Å²) in [6.07, 6.45) is 5.44. The van der Waals surface area contributed by atoms with E-state index in [4.69, 9.17) is 18.0 Å². The second-order valence-electron chi connectivity index (χ2n) is 3.20. The van der Waals surface area contributed by atoms with Crippen LogP contribution in [0.25, 0.3) is 11.1 Å². The Hall–Kier alpha value is -1.71. The highest BCUT2D eigenvalue weighted by atomic mass is 35.5. The Kier molecular flexibility index (Phi) is 2.76. The lowest BCUT2D eigenvalue weighted by Gasteiger charge is -2.05. The zero-order chi connectivity index (χ0) is 10.7. The maximum atomic E-state index is 5.96. The summed E-state index contributed by atoms with van der Waals surface area (Å²) in [6.45, 7) is 0. The van der Waals surface area contributed by atoms with Crippen molar-refractivity contribution in [3.63, 3.8) is 0 Å². The van der Waals surface area contributed by atoms with Crippen molar-refractivity contribution in [1.29, 1.82) is 0 Å². The van der Waals surface area contributed by atoms with Crippen LogP contribution in [0.4, 0.5) is 0 Å². The van der Waals surface area contributed by atoms with Crippen LogP contribution in [0.5, 0.6) is 0 Å². The molecule has 0 saturated heterocycles. The van der Waals surface area contributed by atoms with Crippen molar-refractivity contribution >= 4 is 11.6 Å². The number of terminal acetylenes is 1. The highest BCUT2D eigenvalue weighted by molar-refractivity contribution is 6.30. The average molecular weight is 213 g/mol. The van der Waals surface area contributed by atoms with E-state index < -0.39 is 0 Å². The SMILES string of the molecule is C#Cc1ccc(Cl)cc1-c1ccccc1. The lowest BCUT2D eigenvalue weighted by Crippen LogP contribution is -1.83. The van der Waals surface area contributed by atoms with Gasteiger partial charge in [0.25, 0.3) is 0 Å². The van der Waals surface area contributed by atoms with E-state index in [-0.39, 0.29) is 0 Å². The van der Waals surface area contributed by atoms with E-state index in [2.05, 4.69) is 5.92 Å². The van der Waals surface area contributed by atoms with Crippen LogP contribution in [0.3, 0.4) is 0 Å². The largest absolute Gasteiger partial charge is 0.115 e. The first-order chi connectivity index (χ1) is 7.31. The van der Waals surface area contributed by atoms with Crippen molar-refractivity contribution in [1.82, 2.24) is 0 Å². The Morgan fingerprint density at radius 3 is 2.40 bits per heavy atom. The van der Waals surface area contributed by atoms with Gasteiger partial charge in [0.1, 0.15) is 0 Å². The summed E-state index contributed by atoms with van der Waals surface area (Å²) in [7, 11) is 0. The van der Waals surface area contributed by atoms with E-state index in [1.54, 1.807) is 0 Å². The van der Waals surface area contributed by atoms with Crippen molar-refractivity contribution in [3.05, 3.63) is 59.1 Å². The molecule has 0 aliphatic heterocycles. The second-order valence-corrected chi connectivity index (χ2v) is 3.64. The van der Waals surface area contributed by atoms with Crippen LogP contribution in [-0.2, 0) is 0 Å². The van der Waals surface area contributed by atoms with E-state index in [0.29, 0.717) is 5.02 Å². The smallest absolute Gasteiger partial charge is 0.0413 e. The molecule has 72 valence electrons. The van der Waals surface area contributed by atoms with Crippen LogP contribution >= 0.6 is 11.6 Å². The van der Waals surface area contributed by atoms with Crippen molar-refractivity contribution in [2.45, 2.75) is 0 Å². The van der Waals surface area contributed by atoms with Crippen LogP contribution < -0.4 is 0 Å². The molecule has 1 heteroatoms. The predicted molar refractivity (Wildman–Crippen MR) is 64.8 cm³/mol. The molecule has 0 aliphatic carbocycles. The lowest BCUT2D eigenvalue weighted by atomic mass is 10.0. The van der Waals surface area contributed by atoms with Gasteiger partial charge in [-0.2, -0.15) is 0 Å². The summed E-state index contributed by atoms with van der Waals surface area (Å²) in [5, 5.41) is 0.702. The van der Waals surface area contributed by atoms with Crippen molar-refractivity contribution < 1.29 is 0 Å². The molecule has 0 aliphatic rings. The molecule has 0 N–H and O–H groups in total. The summed E-state index contributed by atoms with van der Waals surface area (Å²) in [6, 6.07) is 15.6. The molecule has 0 fully saturated rings. The predicted octanol–water partition coefficient (Wildman–Crippen LogP) is 3.99. The molecule has 0 unspecified atom stereocenters. The highest BCUT2D eigenvalue weighted by Gasteiger charge is 2.03. The summed E-state index contributed by atoms with van der Waals surface area (Å²) in [4.78, 5) is 0. The first kappa shape index (κ1) is 9.83. The molecule has 0 aromatic heterocycles. The van der Waals surface area contributed by atoms with Crippen molar-refractivity contribution in [2.24, 2.45) is 0 Å². The molecule has 0 bridgehead atoms. The van der Waals surface area contributed by atoms with Gasteiger partial charge < -0.3 is 0 Å². The zero-order valence-electron chi connectivity index (χ0n) is 8.07. The quantitative estimate of drug-likeness (QED) is 0.627. The zero-order valence-corrected chi connectivity index (χ0v) is 8.83. The van der Waals surface area contributed by atoms with Gasteiger partial charge in [0.2, 0.25) is 0 Å². The van der Waals surface area contributed by atoms with Gasteiger partial charge in [0.15, 0.2) is 0 Å².